The van der Waals surface area contributed by atoms with Gasteiger partial charge in [-0.15, -0.1) is 0 Å². The Labute approximate surface area is 136 Å². The zero-order chi connectivity index (χ0) is 17.3. The van der Waals surface area contributed by atoms with Crippen molar-refractivity contribution in [3.05, 3.63) is 60.2 Å². The van der Waals surface area contributed by atoms with E-state index in [1.807, 2.05) is 6.07 Å². The summed E-state index contributed by atoms with van der Waals surface area (Å²) in [7, 11) is 0. The second-order valence-electron chi connectivity index (χ2n) is 5.04. The second-order valence-corrected chi connectivity index (χ2v) is 5.04. The van der Waals surface area contributed by atoms with Crippen LogP contribution < -0.4 is 0 Å². The van der Waals surface area contributed by atoms with E-state index in [0.29, 0.717) is 16.6 Å². The number of carbonyl (C=O) groups is 2. The molecule has 0 unspecified atom stereocenters. The predicted molar refractivity (Wildman–Crippen MR) is 88.5 cm³/mol. The smallest absolute Gasteiger partial charge is 0.422 e. The number of aromatic nitrogens is 1. The summed E-state index contributed by atoms with van der Waals surface area (Å²) in [5, 5.41) is 27.0. The largest absolute Gasteiger partial charge is 0.464 e. The average molecular weight is 323 g/mol. The molecule has 0 radical (unpaired) electrons. The van der Waals surface area contributed by atoms with Crippen molar-refractivity contribution in [1.82, 2.24) is 9.88 Å². The maximum Gasteiger partial charge on any atom is 0.422 e. The molecule has 3 rings (SSSR count). The maximum atomic E-state index is 11.3. The molecule has 0 aliphatic heterocycles. The minimum atomic E-state index is -1.73. The lowest BCUT2D eigenvalue weighted by Crippen LogP contribution is -2.40. The summed E-state index contributed by atoms with van der Waals surface area (Å²) in [6.07, 6.45) is -3.45. The Morgan fingerprint density at radius 3 is 2.12 bits per heavy atom. The summed E-state index contributed by atoms with van der Waals surface area (Å²) >= 11 is 0. The number of rotatable bonds is 2. The van der Waals surface area contributed by atoms with Gasteiger partial charge in [0.25, 0.3) is 0 Å². The van der Waals surface area contributed by atoms with E-state index in [1.54, 1.807) is 48.5 Å². The molecule has 0 spiro atoms. The molecule has 0 bridgehead atoms. The molecule has 2 aromatic carbocycles. The lowest BCUT2D eigenvalue weighted by Gasteiger charge is -2.15. The number of hydrogen-bond acceptors (Lipinski definition) is 3. The normalized spacial score (nSPS) is 10.5. The third-order valence-electron chi connectivity index (χ3n) is 3.61. The first-order valence-electron chi connectivity index (χ1n) is 7.01. The van der Waals surface area contributed by atoms with Gasteiger partial charge < -0.3 is 15.2 Å². The zero-order valence-electron chi connectivity index (χ0n) is 12.4. The number of aromatic amines is 1. The lowest BCUT2D eigenvalue weighted by atomic mass is 10.0. The Morgan fingerprint density at radius 2 is 1.50 bits per heavy atom. The van der Waals surface area contributed by atoms with Crippen molar-refractivity contribution < 1.29 is 19.8 Å². The molecule has 0 atom stereocenters. The van der Waals surface area contributed by atoms with Crippen LogP contribution in [0.5, 0.6) is 0 Å². The minimum Gasteiger partial charge on any atom is -0.464 e. The van der Waals surface area contributed by atoms with Crippen LogP contribution in [0.1, 0.15) is 5.56 Å². The summed E-state index contributed by atoms with van der Waals surface area (Å²) in [5.74, 6) is -0.619. The standard InChI is InChI=1S/C17H13N3O4/c18-15(20(16(21)22)17(23)24)13-11-8-4-5-9-12(11)19-14(13)10-6-2-1-3-7-10/h1-9,18-19H,(H,21,22)(H,23,24). The summed E-state index contributed by atoms with van der Waals surface area (Å²) in [6, 6.07) is 16.1. The van der Waals surface area contributed by atoms with Crippen molar-refractivity contribution in [2.75, 3.05) is 0 Å². The molecule has 7 heteroatoms. The second kappa shape index (κ2) is 5.88. The highest BCUT2D eigenvalue weighted by Gasteiger charge is 2.30. The molecule has 1 aromatic heterocycles. The highest BCUT2D eigenvalue weighted by atomic mass is 16.4. The van der Waals surface area contributed by atoms with Gasteiger partial charge >= 0.3 is 12.2 Å². The van der Waals surface area contributed by atoms with Gasteiger partial charge in [-0.2, -0.15) is 4.90 Å². The fourth-order valence-electron chi connectivity index (χ4n) is 2.59. The van der Waals surface area contributed by atoms with Gasteiger partial charge in [0.15, 0.2) is 5.84 Å². The monoisotopic (exact) mass is 323 g/mol. The van der Waals surface area contributed by atoms with Crippen LogP contribution in [-0.2, 0) is 0 Å². The van der Waals surface area contributed by atoms with Gasteiger partial charge in [0.2, 0.25) is 0 Å². The molecule has 24 heavy (non-hydrogen) atoms. The number of nitrogens with zero attached hydrogens (tertiary/aromatic N) is 1. The van der Waals surface area contributed by atoms with Gasteiger partial charge in [-0.1, -0.05) is 48.5 Å². The quantitative estimate of drug-likeness (QED) is 0.423. The number of nitrogens with one attached hydrogen (secondary N) is 2. The SMILES string of the molecule is N=C(c1c(-c2ccccc2)[nH]c2ccccc12)N(C(=O)O)C(=O)O. The fourth-order valence-corrected chi connectivity index (χ4v) is 2.59. The molecule has 1 heterocycles. The van der Waals surface area contributed by atoms with Crippen LogP contribution in [0.15, 0.2) is 54.6 Å². The molecule has 0 saturated heterocycles. The highest BCUT2D eigenvalue weighted by molar-refractivity contribution is 6.21. The van der Waals surface area contributed by atoms with E-state index < -0.39 is 18.0 Å². The molecule has 2 amide bonds. The van der Waals surface area contributed by atoms with E-state index in [0.717, 1.165) is 5.56 Å². The number of fused-ring (bicyclic) bond motifs is 1. The predicted octanol–water partition coefficient (Wildman–Crippen LogP) is 3.82. The van der Waals surface area contributed by atoms with Crippen LogP contribution in [0.4, 0.5) is 9.59 Å². The van der Waals surface area contributed by atoms with Crippen molar-refractivity contribution >= 4 is 28.9 Å². The van der Waals surface area contributed by atoms with E-state index in [4.69, 9.17) is 15.6 Å². The van der Waals surface area contributed by atoms with Crippen molar-refractivity contribution in [3.8, 4) is 11.3 Å². The summed E-state index contributed by atoms with van der Waals surface area (Å²) in [4.78, 5) is 25.7. The lowest BCUT2D eigenvalue weighted by molar-refractivity contribution is 0.145. The van der Waals surface area contributed by atoms with Gasteiger partial charge in [-0.05, 0) is 11.6 Å². The molecule has 0 saturated carbocycles. The van der Waals surface area contributed by atoms with Gasteiger partial charge in [0.05, 0.1) is 11.3 Å². The molecular formula is C17H13N3O4. The van der Waals surface area contributed by atoms with Crippen LogP contribution >= 0.6 is 0 Å². The van der Waals surface area contributed by atoms with E-state index in [9.17, 15) is 9.59 Å². The molecule has 0 aliphatic rings. The Balaban J connectivity index is 2.28. The fraction of sp³-hybridized carbons (Fsp3) is 0. The number of imide groups is 1. The van der Waals surface area contributed by atoms with Crippen LogP contribution in [0.3, 0.4) is 0 Å². The highest BCUT2D eigenvalue weighted by Crippen LogP contribution is 2.31. The first kappa shape index (κ1) is 15.3. The van der Waals surface area contributed by atoms with E-state index >= 15 is 0 Å². The first-order chi connectivity index (χ1) is 11.5. The van der Waals surface area contributed by atoms with Gasteiger partial charge in [-0.25, -0.2) is 9.59 Å². The van der Waals surface area contributed by atoms with Crippen molar-refractivity contribution in [2.24, 2.45) is 0 Å². The zero-order valence-corrected chi connectivity index (χ0v) is 12.4. The first-order valence-corrected chi connectivity index (χ1v) is 7.01. The van der Waals surface area contributed by atoms with Crippen LogP contribution in [-0.4, -0.2) is 38.1 Å². The van der Waals surface area contributed by atoms with Crippen LogP contribution in [0.25, 0.3) is 22.2 Å². The summed E-state index contributed by atoms with van der Waals surface area (Å²) in [6.45, 7) is 0. The number of amidine groups is 1. The topological polar surface area (TPSA) is 117 Å². The summed E-state index contributed by atoms with van der Waals surface area (Å²) in [5.41, 5.74) is 2.13. The number of hydrogen-bond donors (Lipinski definition) is 4. The molecular weight excluding hydrogens is 310 g/mol. The number of H-pyrrole nitrogens is 1. The van der Waals surface area contributed by atoms with E-state index in [1.165, 1.54) is 0 Å². The van der Waals surface area contributed by atoms with E-state index in [-0.39, 0.29) is 10.5 Å². The van der Waals surface area contributed by atoms with Gasteiger partial charge in [-0.3, -0.25) is 5.41 Å². The maximum absolute atomic E-state index is 11.3. The molecule has 0 aliphatic carbocycles. The molecule has 120 valence electrons. The number of amides is 2. The number of benzene rings is 2. The van der Waals surface area contributed by atoms with E-state index in [2.05, 4.69) is 4.98 Å². The molecule has 4 N–H and O–H groups in total. The Kier molecular flexibility index (Phi) is 3.75. The Morgan fingerprint density at radius 1 is 0.917 bits per heavy atom. The van der Waals surface area contributed by atoms with Crippen molar-refractivity contribution in [2.45, 2.75) is 0 Å². The van der Waals surface area contributed by atoms with Gasteiger partial charge in [0.1, 0.15) is 0 Å². The van der Waals surface area contributed by atoms with Crippen LogP contribution in [0, 0.1) is 5.41 Å². The van der Waals surface area contributed by atoms with Crippen molar-refractivity contribution in [1.29, 1.82) is 5.41 Å². The van der Waals surface area contributed by atoms with Crippen molar-refractivity contribution in [3.63, 3.8) is 0 Å². The number of carboxylic acid groups (broad SMARTS) is 2. The van der Waals surface area contributed by atoms with Crippen LogP contribution in [0.2, 0.25) is 0 Å². The minimum absolute atomic E-state index is 0.00204. The molecule has 0 fully saturated rings. The Bertz CT molecular complexity index is 933. The van der Waals surface area contributed by atoms with Gasteiger partial charge in [0, 0.05) is 10.9 Å². The number of para-hydroxylation sites is 1. The average Bonchev–Trinajstić information content (AvgIpc) is 2.94. The third-order valence-corrected chi connectivity index (χ3v) is 3.61. The summed E-state index contributed by atoms with van der Waals surface area (Å²) < 4.78 is 0. The third kappa shape index (κ3) is 2.48. The molecule has 3 aromatic rings. The Hall–Kier alpha value is -3.61. The molecule has 7 nitrogen and oxygen atoms in total.